The predicted octanol–water partition coefficient (Wildman–Crippen LogP) is 4.53. The minimum atomic E-state index is -1.93. The molecule has 3 aromatic rings. The molecule has 3 aromatic carbocycles. The number of hydrogen-bond acceptors (Lipinski definition) is 6. The van der Waals surface area contributed by atoms with Gasteiger partial charge in [0.05, 0.1) is 13.2 Å². The topological polar surface area (TPSA) is 85.0 Å². The van der Waals surface area contributed by atoms with Crippen LogP contribution in [0.3, 0.4) is 0 Å². The Morgan fingerprint density at radius 1 is 0.946 bits per heavy atom. The lowest BCUT2D eigenvalue weighted by Gasteiger charge is -2.33. The molecule has 198 valence electrons. The minimum absolute atomic E-state index is 0. The zero-order valence-corrected chi connectivity index (χ0v) is 21.9. The van der Waals surface area contributed by atoms with E-state index in [1.54, 1.807) is 48.5 Å². The summed E-state index contributed by atoms with van der Waals surface area (Å²) in [7, 11) is 0. The van der Waals surface area contributed by atoms with Crippen LogP contribution < -0.4 is 10.5 Å². The number of nitrogens with two attached hydrogens (primary N) is 1. The summed E-state index contributed by atoms with van der Waals surface area (Å²) < 4.78 is 11.5. The molecule has 1 atom stereocenters. The van der Waals surface area contributed by atoms with Crippen molar-refractivity contribution in [1.82, 2.24) is 4.90 Å². The average Bonchev–Trinajstić information content (AvgIpc) is 2.93. The van der Waals surface area contributed by atoms with E-state index in [0.29, 0.717) is 36.6 Å². The molecule has 0 unspecified atom stereocenters. The van der Waals surface area contributed by atoms with Gasteiger partial charge in [-0.3, -0.25) is 4.90 Å². The summed E-state index contributed by atoms with van der Waals surface area (Å²) in [5.41, 5.74) is 5.83. The quantitative estimate of drug-likeness (QED) is 0.283. The van der Waals surface area contributed by atoms with E-state index in [9.17, 15) is 9.90 Å². The molecular weight excluding hydrogens is 488 g/mol. The van der Waals surface area contributed by atoms with Crippen LogP contribution in [-0.4, -0.2) is 48.8 Å². The number of nitrogens with zero attached hydrogens (tertiary/aromatic N) is 1. The molecule has 0 bridgehead atoms. The highest BCUT2D eigenvalue weighted by Crippen LogP contribution is 2.33. The van der Waals surface area contributed by atoms with Gasteiger partial charge in [0, 0.05) is 12.1 Å². The Labute approximate surface area is 225 Å². The molecule has 0 radical (unpaired) electrons. The van der Waals surface area contributed by atoms with Gasteiger partial charge < -0.3 is 20.3 Å². The molecule has 1 aliphatic heterocycles. The van der Waals surface area contributed by atoms with Crippen LogP contribution in [0, 0.1) is 5.92 Å². The third-order valence-electron chi connectivity index (χ3n) is 6.76. The Hall–Kier alpha value is -2.90. The van der Waals surface area contributed by atoms with E-state index in [-0.39, 0.29) is 18.3 Å². The highest BCUT2D eigenvalue weighted by molar-refractivity contribution is 5.86. The smallest absolute Gasteiger partial charge is 0.347 e. The summed E-state index contributed by atoms with van der Waals surface area (Å²) in [4.78, 5) is 15.9. The molecule has 1 aliphatic rings. The lowest BCUT2D eigenvalue weighted by molar-refractivity contribution is -0.164. The maximum Gasteiger partial charge on any atom is 0.347 e. The van der Waals surface area contributed by atoms with Crippen molar-refractivity contribution >= 4 is 18.4 Å². The van der Waals surface area contributed by atoms with Gasteiger partial charge in [-0.2, -0.15) is 0 Å². The molecule has 0 spiro atoms. The van der Waals surface area contributed by atoms with E-state index in [1.807, 2.05) is 12.1 Å². The fourth-order valence-electron chi connectivity index (χ4n) is 4.62. The highest BCUT2D eigenvalue weighted by atomic mass is 35.5. The Morgan fingerprint density at radius 2 is 1.59 bits per heavy atom. The number of carbonyl (C=O) groups excluding carboxylic acids is 1. The second-order valence-corrected chi connectivity index (χ2v) is 9.40. The molecule has 4 rings (SSSR count). The van der Waals surface area contributed by atoms with Crippen molar-refractivity contribution in [3.8, 4) is 5.75 Å². The maximum atomic E-state index is 13.4. The van der Waals surface area contributed by atoms with Crippen LogP contribution in [0.1, 0.15) is 36.0 Å². The molecule has 3 N–H and O–H groups in total. The van der Waals surface area contributed by atoms with Crippen molar-refractivity contribution in [1.29, 1.82) is 0 Å². The normalized spacial score (nSPS) is 15.8. The van der Waals surface area contributed by atoms with Crippen molar-refractivity contribution in [3.05, 3.63) is 102 Å². The van der Waals surface area contributed by atoms with Gasteiger partial charge >= 0.3 is 5.97 Å². The molecule has 7 heteroatoms. The van der Waals surface area contributed by atoms with Crippen LogP contribution in [0.2, 0.25) is 0 Å². The van der Waals surface area contributed by atoms with Crippen LogP contribution in [0.4, 0.5) is 0 Å². The number of esters is 1. The van der Waals surface area contributed by atoms with Crippen LogP contribution in [0.25, 0.3) is 0 Å². The Balaban J connectivity index is 0.00000380. The third-order valence-corrected chi connectivity index (χ3v) is 6.76. The SMILES string of the molecule is Cl.NCCCOc1cccc([C@](O)(C(=O)OCC2CCN(Cc3ccccc3)CC2)c2ccccc2)c1. The van der Waals surface area contributed by atoms with Gasteiger partial charge in [0.1, 0.15) is 5.75 Å². The number of likely N-dealkylation sites (tertiary alicyclic amines) is 1. The zero-order valence-electron chi connectivity index (χ0n) is 21.1. The van der Waals surface area contributed by atoms with Gasteiger partial charge in [-0.25, -0.2) is 4.79 Å². The number of rotatable bonds is 11. The van der Waals surface area contributed by atoms with Gasteiger partial charge in [-0.05, 0) is 68.1 Å². The van der Waals surface area contributed by atoms with Crippen LogP contribution in [-0.2, 0) is 21.7 Å². The van der Waals surface area contributed by atoms with Gasteiger partial charge in [0.2, 0.25) is 5.60 Å². The molecule has 37 heavy (non-hydrogen) atoms. The first kappa shape index (κ1) is 28.7. The second kappa shape index (κ2) is 14.1. The van der Waals surface area contributed by atoms with E-state index < -0.39 is 11.6 Å². The summed E-state index contributed by atoms with van der Waals surface area (Å²) in [5, 5.41) is 11.8. The minimum Gasteiger partial charge on any atom is -0.494 e. The number of piperidine rings is 1. The molecule has 1 heterocycles. The van der Waals surface area contributed by atoms with Crippen LogP contribution in [0.5, 0.6) is 5.75 Å². The number of carbonyl (C=O) groups is 1. The summed E-state index contributed by atoms with van der Waals surface area (Å²) in [6, 6.07) is 26.4. The Bertz CT molecular complexity index is 1090. The van der Waals surface area contributed by atoms with Crippen molar-refractivity contribution in [3.63, 3.8) is 0 Å². The monoisotopic (exact) mass is 524 g/mol. The lowest BCUT2D eigenvalue weighted by atomic mass is 9.86. The number of hydrogen-bond donors (Lipinski definition) is 2. The second-order valence-electron chi connectivity index (χ2n) is 9.40. The van der Waals surface area contributed by atoms with E-state index in [0.717, 1.165) is 38.9 Å². The standard InChI is InChI=1S/C30H36N2O4.ClH/c31-17-8-20-35-28-14-7-13-27(21-28)30(34,26-11-5-2-6-12-26)29(33)36-23-25-15-18-32(19-16-25)22-24-9-3-1-4-10-24;/h1-7,9-14,21,25,34H,8,15-20,22-23,31H2;1H/t30-;/m0./s1. The predicted molar refractivity (Wildman–Crippen MR) is 148 cm³/mol. The molecule has 1 saturated heterocycles. The van der Waals surface area contributed by atoms with Crippen molar-refractivity contribution in [2.75, 3.05) is 32.8 Å². The number of ether oxygens (including phenoxy) is 2. The average molecular weight is 525 g/mol. The largest absolute Gasteiger partial charge is 0.494 e. The zero-order chi connectivity index (χ0) is 25.2. The van der Waals surface area contributed by atoms with E-state index in [2.05, 4.69) is 29.2 Å². The van der Waals surface area contributed by atoms with Gasteiger partial charge in [0.25, 0.3) is 0 Å². The highest BCUT2D eigenvalue weighted by Gasteiger charge is 2.42. The number of benzene rings is 3. The van der Waals surface area contributed by atoms with E-state index in [4.69, 9.17) is 15.2 Å². The maximum absolute atomic E-state index is 13.4. The summed E-state index contributed by atoms with van der Waals surface area (Å²) >= 11 is 0. The first-order valence-electron chi connectivity index (χ1n) is 12.7. The first-order valence-corrected chi connectivity index (χ1v) is 12.7. The number of halogens is 1. The van der Waals surface area contributed by atoms with Crippen molar-refractivity contribution in [2.45, 2.75) is 31.4 Å². The summed E-state index contributed by atoms with van der Waals surface area (Å²) in [6.07, 6.45) is 2.63. The molecule has 0 aromatic heterocycles. The fourth-order valence-corrected chi connectivity index (χ4v) is 4.62. The fraction of sp³-hybridized carbons (Fsp3) is 0.367. The Kier molecular flexibility index (Phi) is 11.0. The lowest BCUT2D eigenvalue weighted by Crippen LogP contribution is -2.40. The first-order chi connectivity index (χ1) is 17.6. The van der Waals surface area contributed by atoms with Gasteiger partial charge in [-0.1, -0.05) is 72.8 Å². The molecule has 1 fully saturated rings. The van der Waals surface area contributed by atoms with E-state index >= 15 is 0 Å². The third kappa shape index (κ3) is 7.55. The summed E-state index contributed by atoms with van der Waals surface area (Å²) in [6.45, 7) is 4.15. The molecule has 6 nitrogen and oxygen atoms in total. The van der Waals surface area contributed by atoms with Gasteiger partial charge in [-0.15, -0.1) is 12.4 Å². The van der Waals surface area contributed by atoms with Crippen molar-refractivity contribution < 1.29 is 19.4 Å². The van der Waals surface area contributed by atoms with Crippen LogP contribution >= 0.6 is 12.4 Å². The molecule has 0 aliphatic carbocycles. The van der Waals surface area contributed by atoms with Crippen molar-refractivity contribution in [2.24, 2.45) is 11.7 Å². The molecular formula is C30H37ClN2O4. The van der Waals surface area contributed by atoms with Crippen LogP contribution in [0.15, 0.2) is 84.9 Å². The number of aliphatic hydroxyl groups is 1. The van der Waals surface area contributed by atoms with Gasteiger partial charge in [0.15, 0.2) is 0 Å². The molecule has 0 amide bonds. The molecule has 0 saturated carbocycles. The summed E-state index contributed by atoms with van der Waals surface area (Å²) in [5.74, 6) is 0.181. The van der Waals surface area contributed by atoms with E-state index in [1.165, 1.54) is 5.56 Å². The Morgan fingerprint density at radius 3 is 2.27 bits per heavy atom.